The Morgan fingerprint density at radius 3 is 2.56 bits per heavy atom. The van der Waals surface area contributed by atoms with E-state index in [1.165, 1.54) is 0 Å². The third kappa shape index (κ3) is 5.38. The summed E-state index contributed by atoms with van der Waals surface area (Å²) < 4.78 is 42.2. The molecule has 3 aromatic rings. The molecule has 1 heterocycles. The summed E-state index contributed by atoms with van der Waals surface area (Å²) in [5, 5.41) is 21.3. The number of nitro groups is 1. The van der Waals surface area contributed by atoms with Crippen LogP contribution in [0.5, 0.6) is 0 Å². The molecule has 1 fully saturated rings. The van der Waals surface area contributed by atoms with E-state index in [0.29, 0.717) is 23.7 Å². The molecule has 1 saturated carbocycles. The van der Waals surface area contributed by atoms with Crippen LogP contribution in [0.1, 0.15) is 42.6 Å². The summed E-state index contributed by atoms with van der Waals surface area (Å²) in [6.45, 7) is 2.06. The number of rotatable bonds is 8. The van der Waals surface area contributed by atoms with E-state index in [1.54, 1.807) is 6.92 Å². The number of amides is 1. The Labute approximate surface area is 196 Å². The number of non-ortho nitro benzene ring substituents is 1. The zero-order chi connectivity index (χ0) is 24.5. The highest BCUT2D eigenvalue weighted by Gasteiger charge is 2.36. The van der Waals surface area contributed by atoms with Crippen LogP contribution in [0.3, 0.4) is 0 Å². The van der Waals surface area contributed by atoms with Crippen molar-refractivity contribution in [1.82, 2.24) is 14.8 Å². The second-order valence-electron chi connectivity index (χ2n) is 7.92. The second-order valence-corrected chi connectivity index (χ2v) is 9.23. The normalized spacial score (nSPS) is 14.6. The topological polar surface area (TPSA) is 103 Å². The molecular formula is C22H20F3N5O3S. The zero-order valence-corrected chi connectivity index (χ0v) is 18.8. The first kappa shape index (κ1) is 23.7. The number of alkyl halides is 3. The summed E-state index contributed by atoms with van der Waals surface area (Å²) in [6, 6.07) is 11.9. The van der Waals surface area contributed by atoms with Crippen LogP contribution in [0.2, 0.25) is 0 Å². The minimum Gasteiger partial charge on any atom is -0.325 e. The predicted molar refractivity (Wildman–Crippen MR) is 120 cm³/mol. The largest absolute Gasteiger partial charge is 0.418 e. The third-order valence-corrected chi connectivity index (χ3v) is 6.38. The maximum atomic E-state index is 13.4. The lowest BCUT2D eigenvalue weighted by molar-refractivity contribution is -0.385. The van der Waals surface area contributed by atoms with Gasteiger partial charge in [0, 0.05) is 18.1 Å². The van der Waals surface area contributed by atoms with Gasteiger partial charge in [0.1, 0.15) is 5.82 Å². The number of hydrogen-bond acceptors (Lipinski definition) is 6. The van der Waals surface area contributed by atoms with Crippen molar-refractivity contribution in [2.45, 2.75) is 48.8 Å². The van der Waals surface area contributed by atoms with Gasteiger partial charge >= 0.3 is 6.18 Å². The molecule has 1 N–H and O–H groups in total. The van der Waals surface area contributed by atoms with E-state index in [-0.39, 0.29) is 0 Å². The fraction of sp³-hybridized carbons (Fsp3) is 0.318. The summed E-state index contributed by atoms with van der Waals surface area (Å²) in [7, 11) is 0. The minimum absolute atomic E-state index is 0.309. The number of halogens is 3. The van der Waals surface area contributed by atoms with Crippen molar-refractivity contribution in [3.05, 3.63) is 75.6 Å². The summed E-state index contributed by atoms with van der Waals surface area (Å²) in [6.07, 6.45) is -2.86. The van der Waals surface area contributed by atoms with Crippen LogP contribution in [0.4, 0.5) is 24.5 Å². The monoisotopic (exact) mass is 491 g/mol. The third-order valence-electron chi connectivity index (χ3n) is 5.30. The van der Waals surface area contributed by atoms with Crippen molar-refractivity contribution in [2.75, 3.05) is 5.32 Å². The summed E-state index contributed by atoms with van der Waals surface area (Å²) in [4.78, 5) is 22.7. The Balaban J connectivity index is 1.53. The molecule has 0 radical (unpaired) electrons. The van der Waals surface area contributed by atoms with Crippen molar-refractivity contribution >= 4 is 29.0 Å². The molecule has 1 aromatic heterocycles. The van der Waals surface area contributed by atoms with Gasteiger partial charge in [-0.1, -0.05) is 42.1 Å². The van der Waals surface area contributed by atoms with E-state index in [4.69, 9.17) is 0 Å². The SMILES string of the molecule is C[C@@H](Sc1nnc(C2CC2)n1Cc1ccccc1)C(=O)Nc1ccc([N+](=O)[O-])cc1C(F)(F)F. The van der Waals surface area contributed by atoms with Gasteiger partial charge in [-0.2, -0.15) is 13.2 Å². The summed E-state index contributed by atoms with van der Waals surface area (Å²) in [5.74, 6) is 0.449. The number of nitrogens with zero attached hydrogens (tertiary/aromatic N) is 4. The molecule has 4 rings (SSSR count). The molecule has 2 aromatic carbocycles. The van der Waals surface area contributed by atoms with Gasteiger partial charge in [0.15, 0.2) is 5.16 Å². The number of carbonyl (C=O) groups excluding carboxylic acids is 1. The van der Waals surface area contributed by atoms with Crippen LogP contribution >= 0.6 is 11.8 Å². The maximum Gasteiger partial charge on any atom is 0.418 e. The quantitative estimate of drug-likeness (QED) is 0.262. The van der Waals surface area contributed by atoms with Gasteiger partial charge in [0.2, 0.25) is 5.91 Å². The number of nitro benzene ring substituents is 1. The fourth-order valence-electron chi connectivity index (χ4n) is 3.38. The van der Waals surface area contributed by atoms with Crippen LogP contribution < -0.4 is 5.32 Å². The van der Waals surface area contributed by atoms with Crippen LogP contribution in [-0.4, -0.2) is 30.8 Å². The van der Waals surface area contributed by atoms with E-state index in [1.807, 2.05) is 34.9 Å². The second kappa shape index (κ2) is 9.45. The molecule has 1 aliphatic rings. The highest BCUT2D eigenvalue weighted by Crippen LogP contribution is 2.41. The van der Waals surface area contributed by atoms with Crippen LogP contribution in [0.25, 0.3) is 0 Å². The number of hydrogen-bond donors (Lipinski definition) is 1. The first-order chi connectivity index (χ1) is 16.1. The fourth-order valence-corrected chi connectivity index (χ4v) is 4.24. The van der Waals surface area contributed by atoms with Crippen molar-refractivity contribution < 1.29 is 22.9 Å². The number of thioether (sulfide) groups is 1. The Morgan fingerprint density at radius 2 is 1.94 bits per heavy atom. The van der Waals surface area contributed by atoms with Crippen molar-refractivity contribution in [3.8, 4) is 0 Å². The summed E-state index contributed by atoms with van der Waals surface area (Å²) >= 11 is 1.09. The van der Waals surface area contributed by atoms with Crippen molar-refractivity contribution in [1.29, 1.82) is 0 Å². The highest BCUT2D eigenvalue weighted by atomic mass is 32.2. The molecule has 8 nitrogen and oxygen atoms in total. The van der Waals surface area contributed by atoms with Crippen LogP contribution in [-0.2, 0) is 17.5 Å². The molecular weight excluding hydrogens is 471 g/mol. The minimum atomic E-state index is -4.87. The van der Waals surface area contributed by atoms with Gasteiger partial charge in [-0.25, -0.2) is 0 Å². The van der Waals surface area contributed by atoms with Crippen molar-refractivity contribution in [3.63, 3.8) is 0 Å². The predicted octanol–water partition coefficient (Wildman–Crippen LogP) is 5.25. The lowest BCUT2D eigenvalue weighted by Gasteiger charge is -2.16. The van der Waals surface area contributed by atoms with Gasteiger partial charge in [0.25, 0.3) is 5.69 Å². The molecule has 0 unspecified atom stereocenters. The molecule has 1 amide bonds. The molecule has 0 aliphatic heterocycles. The van der Waals surface area contributed by atoms with Crippen LogP contribution in [0, 0.1) is 10.1 Å². The van der Waals surface area contributed by atoms with Gasteiger partial charge < -0.3 is 9.88 Å². The number of nitrogens with one attached hydrogen (secondary N) is 1. The lowest BCUT2D eigenvalue weighted by atomic mass is 10.1. The number of aromatic nitrogens is 3. The van der Waals surface area contributed by atoms with E-state index in [0.717, 1.165) is 48.1 Å². The molecule has 0 saturated heterocycles. The average Bonchev–Trinajstić information content (AvgIpc) is 3.56. The van der Waals surface area contributed by atoms with E-state index in [2.05, 4.69) is 15.5 Å². The molecule has 34 heavy (non-hydrogen) atoms. The van der Waals surface area contributed by atoms with Gasteiger partial charge in [-0.3, -0.25) is 14.9 Å². The van der Waals surface area contributed by atoms with Crippen LogP contribution in [0.15, 0.2) is 53.7 Å². The molecule has 1 aliphatic carbocycles. The summed E-state index contributed by atoms with van der Waals surface area (Å²) in [5.41, 5.74) is -1.51. The first-order valence-electron chi connectivity index (χ1n) is 10.4. The molecule has 0 bridgehead atoms. The van der Waals surface area contributed by atoms with E-state index in [9.17, 15) is 28.1 Å². The first-order valence-corrected chi connectivity index (χ1v) is 11.3. The number of benzene rings is 2. The zero-order valence-electron chi connectivity index (χ0n) is 18.0. The Hall–Kier alpha value is -3.41. The Kier molecular flexibility index (Phi) is 6.60. The molecule has 0 spiro atoms. The van der Waals surface area contributed by atoms with Gasteiger partial charge in [-0.05, 0) is 31.4 Å². The van der Waals surface area contributed by atoms with Crippen molar-refractivity contribution in [2.24, 2.45) is 0 Å². The van der Waals surface area contributed by atoms with E-state index < -0.39 is 39.2 Å². The highest BCUT2D eigenvalue weighted by molar-refractivity contribution is 8.00. The standard InChI is InChI=1S/C22H20F3N5O3S/c1-13(20(31)26-18-10-9-16(30(32)33)11-17(18)22(23,24)25)34-21-28-27-19(15-7-8-15)29(21)12-14-5-3-2-4-6-14/h2-6,9-11,13,15H,7-8,12H2,1H3,(H,26,31)/t13-/m1/s1. The lowest BCUT2D eigenvalue weighted by Crippen LogP contribution is -2.25. The smallest absolute Gasteiger partial charge is 0.325 e. The number of carbonyl (C=O) groups is 1. The average molecular weight is 491 g/mol. The number of anilines is 1. The maximum absolute atomic E-state index is 13.4. The van der Waals surface area contributed by atoms with Gasteiger partial charge in [-0.15, -0.1) is 10.2 Å². The molecule has 178 valence electrons. The Bertz CT molecular complexity index is 1210. The Morgan fingerprint density at radius 1 is 1.24 bits per heavy atom. The molecule has 12 heteroatoms. The van der Waals surface area contributed by atoms with E-state index >= 15 is 0 Å². The van der Waals surface area contributed by atoms with Gasteiger partial charge in [0.05, 0.1) is 28.0 Å². The molecule has 1 atom stereocenters.